The summed E-state index contributed by atoms with van der Waals surface area (Å²) in [5.41, 5.74) is -1.75. The van der Waals surface area contributed by atoms with E-state index < -0.39 is 35.1 Å². The highest BCUT2D eigenvalue weighted by atomic mass is 32.2. The molecule has 2 amide bonds. The Hall–Kier alpha value is -2.58. The number of pyridine rings is 1. The number of nitrogens with zero attached hydrogens (tertiary/aromatic N) is 2. The number of thiophene rings is 1. The molecule has 0 aliphatic carbocycles. The lowest BCUT2D eigenvalue weighted by atomic mass is 10.1. The normalized spacial score (nSPS) is 10.9. The highest BCUT2D eigenvalue weighted by Gasteiger charge is 2.36. The average molecular weight is 415 g/mol. The van der Waals surface area contributed by atoms with Gasteiger partial charge in [-0.15, -0.1) is 11.3 Å². The summed E-state index contributed by atoms with van der Waals surface area (Å²) in [6, 6.07) is 5.58. The van der Waals surface area contributed by atoms with E-state index in [2.05, 4.69) is 9.72 Å². The molecule has 1 N–H and O–H groups in total. The van der Waals surface area contributed by atoms with Crippen LogP contribution in [0.4, 0.5) is 18.0 Å². The summed E-state index contributed by atoms with van der Waals surface area (Å²) >= 11 is 1.83. The smallest absolute Gasteiger partial charge is 0.417 e. The number of carbonyl (C=O) groups excluding carboxylic acids is 2. The van der Waals surface area contributed by atoms with Gasteiger partial charge in [0, 0.05) is 0 Å². The highest BCUT2D eigenvalue weighted by molar-refractivity contribution is 8.00. The van der Waals surface area contributed by atoms with Crippen LogP contribution in [0.1, 0.15) is 18.1 Å². The van der Waals surface area contributed by atoms with Crippen molar-refractivity contribution in [2.24, 2.45) is 0 Å². The Morgan fingerprint density at radius 2 is 2.19 bits per heavy atom. The molecule has 6 nitrogen and oxygen atoms in total. The number of imide groups is 1. The molecule has 0 saturated carbocycles. The van der Waals surface area contributed by atoms with Crippen LogP contribution in [0.2, 0.25) is 0 Å². The summed E-state index contributed by atoms with van der Waals surface area (Å²) in [7, 11) is 0. The highest BCUT2D eigenvalue weighted by Crippen LogP contribution is 2.38. The van der Waals surface area contributed by atoms with E-state index in [0.717, 1.165) is 6.07 Å². The van der Waals surface area contributed by atoms with Crippen molar-refractivity contribution >= 4 is 35.1 Å². The van der Waals surface area contributed by atoms with Crippen molar-refractivity contribution < 1.29 is 27.5 Å². The molecule has 0 saturated heterocycles. The van der Waals surface area contributed by atoms with E-state index >= 15 is 0 Å². The number of thioether (sulfide) groups is 1. The number of aromatic nitrogens is 1. The Morgan fingerprint density at radius 3 is 2.74 bits per heavy atom. The first-order valence-corrected chi connectivity index (χ1v) is 9.28. The Morgan fingerprint density at radius 1 is 1.44 bits per heavy atom. The van der Waals surface area contributed by atoms with Gasteiger partial charge in [-0.2, -0.15) is 18.4 Å². The van der Waals surface area contributed by atoms with Crippen molar-refractivity contribution in [1.29, 1.82) is 5.26 Å². The number of amides is 2. The molecular weight excluding hydrogens is 403 g/mol. The first-order valence-electron chi connectivity index (χ1n) is 7.41. The summed E-state index contributed by atoms with van der Waals surface area (Å²) < 4.78 is 44.6. The predicted octanol–water partition coefficient (Wildman–Crippen LogP) is 4.07. The minimum atomic E-state index is -4.76. The van der Waals surface area contributed by atoms with Crippen molar-refractivity contribution in [2.45, 2.75) is 18.1 Å². The van der Waals surface area contributed by atoms with Crippen LogP contribution >= 0.6 is 23.1 Å². The lowest BCUT2D eigenvalue weighted by Crippen LogP contribution is -2.32. The number of rotatable bonds is 5. The summed E-state index contributed by atoms with van der Waals surface area (Å²) in [6.07, 6.45) is -5.72. The fourth-order valence-corrected chi connectivity index (χ4v) is 3.45. The van der Waals surface area contributed by atoms with Crippen molar-refractivity contribution in [3.8, 4) is 16.6 Å². The van der Waals surface area contributed by atoms with Gasteiger partial charge in [-0.05, 0) is 24.4 Å². The second kappa shape index (κ2) is 8.88. The van der Waals surface area contributed by atoms with E-state index in [9.17, 15) is 28.0 Å². The maximum Gasteiger partial charge on any atom is 0.417 e. The number of alkyl carbamates (subject to hydrolysis) is 1. The van der Waals surface area contributed by atoms with Gasteiger partial charge in [0.05, 0.1) is 34.1 Å². The molecule has 2 heterocycles. The number of hydrogen-bond acceptors (Lipinski definition) is 7. The molecule has 142 valence electrons. The summed E-state index contributed by atoms with van der Waals surface area (Å²) in [6.45, 7) is 1.61. The van der Waals surface area contributed by atoms with E-state index in [0.29, 0.717) is 16.6 Å². The lowest BCUT2D eigenvalue weighted by molar-refractivity contribution is -0.138. The van der Waals surface area contributed by atoms with Crippen LogP contribution in [0.3, 0.4) is 0 Å². The molecule has 2 aromatic heterocycles. The molecule has 0 aliphatic rings. The van der Waals surface area contributed by atoms with Gasteiger partial charge < -0.3 is 4.74 Å². The molecular formula is C16H12F3N3O3S2. The molecule has 0 radical (unpaired) electrons. The monoisotopic (exact) mass is 415 g/mol. The molecule has 0 bridgehead atoms. The number of nitrogens with one attached hydrogen (secondary N) is 1. The molecule has 0 atom stereocenters. The maximum atomic E-state index is 13.4. The van der Waals surface area contributed by atoms with Gasteiger partial charge in [0.1, 0.15) is 11.1 Å². The number of nitriles is 1. The Kier molecular flexibility index (Phi) is 6.81. The standard InChI is InChI=1S/C16H12F3N3O3S2/c1-2-25-15(24)22-13(23)8-27-14-9(7-20)10(16(17,18)19)6-11(21-14)12-4-3-5-26-12/h3-6H,2,8H2,1H3,(H,22,23,24). The quantitative estimate of drug-likeness (QED) is 0.741. The molecule has 11 heteroatoms. The number of alkyl halides is 3. The van der Waals surface area contributed by atoms with E-state index in [1.165, 1.54) is 17.4 Å². The predicted molar refractivity (Wildman–Crippen MR) is 93.2 cm³/mol. The first kappa shape index (κ1) is 20.7. The first-order chi connectivity index (χ1) is 12.8. The van der Waals surface area contributed by atoms with Gasteiger partial charge in [0.15, 0.2) is 0 Å². The van der Waals surface area contributed by atoms with Crippen molar-refractivity contribution in [1.82, 2.24) is 10.3 Å². The van der Waals surface area contributed by atoms with Crippen molar-refractivity contribution in [2.75, 3.05) is 12.4 Å². The van der Waals surface area contributed by atoms with Crippen LogP contribution in [-0.4, -0.2) is 29.3 Å². The fraction of sp³-hybridized carbons (Fsp3) is 0.250. The minimum absolute atomic E-state index is 0.0459. The van der Waals surface area contributed by atoms with Crippen molar-refractivity contribution in [3.05, 3.63) is 34.7 Å². The zero-order valence-electron chi connectivity index (χ0n) is 13.8. The van der Waals surface area contributed by atoms with Gasteiger partial charge >= 0.3 is 12.3 Å². The third-order valence-corrected chi connectivity index (χ3v) is 4.90. The van der Waals surface area contributed by atoms with Crippen molar-refractivity contribution in [3.63, 3.8) is 0 Å². The number of carbonyl (C=O) groups is 2. The van der Waals surface area contributed by atoms with Crippen LogP contribution in [-0.2, 0) is 15.7 Å². The Balaban J connectivity index is 2.34. The molecule has 2 aromatic rings. The number of halogens is 3. The number of ether oxygens (including phenoxy) is 1. The largest absolute Gasteiger partial charge is 0.450 e. The van der Waals surface area contributed by atoms with Crippen LogP contribution in [0.25, 0.3) is 10.6 Å². The summed E-state index contributed by atoms with van der Waals surface area (Å²) in [4.78, 5) is 27.5. The molecule has 0 fully saturated rings. The third kappa shape index (κ3) is 5.45. The van der Waals surface area contributed by atoms with Gasteiger partial charge in [-0.3, -0.25) is 10.1 Å². The van der Waals surface area contributed by atoms with E-state index in [1.807, 2.05) is 5.32 Å². The Labute approximate surface area is 160 Å². The SMILES string of the molecule is CCOC(=O)NC(=O)CSc1nc(-c2cccs2)cc(C(F)(F)F)c1C#N. The van der Waals surface area contributed by atoms with E-state index in [4.69, 9.17) is 0 Å². The van der Waals surface area contributed by atoms with Gasteiger partial charge in [-0.1, -0.05) is 17.8 Å². The number of hydrogen-bond donors (Lipinski definition) is 1. The summed E-state index contributed by atoms with van der Waals surface area (Å²) in [5.74, 6) is -1.19. The zero-order chi connectivity index (χ0) is 20.0. The second-order valence-corrected chi connectivity index (χ2v) is 6.79. The molecule has 0 aromatic carbocycles. The zero-order valence-corrected chi connectivity index (χ0v) is 15.4. The van der Waals surface area contributed by atoms with Gasteiger partial charge in [0.25, 0.3) is 0 Å². The minimum Gasteiger partial charge on any atom is -0.450 e. The Bertz CT molecular complexity index is 878. The average Bonchev–Trinajstić information content (AvgIpc) is 3.13. The lowest BCUT2D eigenvalue weighted by Gasteiger charge is -2.13. The van der Waals surface area contributed by atoms with E-state index in [1.54, 1.807) is 24.4 Å². The van der Waals surface area contributed by atoms with Gasteiger partial charge in [0.2, 0.25) is 5.91 Å². The maximum absolute atomic E-state index is 13.4. The molecule has 0 unspecified atom stereocenters. The molecule has 2 rings (SSSR count). The summed E-state index contributed by atoms with van der Waals surface area (Å²) in [5, 5.41) is 12.6. The third-order valence-electron chi connectivity index (χ3n) is 3.03. The second-order valence-electron chi connectivity index (χ2n) is 4.88. The van der Waals surface area contributed by atoms with Crippen LogP contribution in [0.5, 0.6) is 0 Å². The molecule has 27 heavy (non-hydrogen) atoms. The van der Waals surface area contributed by atoms with E-state index in [-0.39, 0.29) is 17.3 Å². The molecule has 0 aliphatic heterocycles. The molecule has 0 spiro atoms. The fourth-order valence-electron chi connectivity index (χ4n) is 1.96. The van der Waals surface area contributed by atoms with Gasteiger partial charge in [-0.25, -0.2) is 9.78 Å². The van der Waals surface area contributed by atoms with Crippen LogP contribution < -0.4 is 5.32 Å². The van der Waals surface area contributed by atoms with Crippen LogP contribution in [0.15, 0.2) is 28.6 Å². The van der Waals surface area contributed by atoms with Crippen LogP contribution in [0, 0.1) is 11.3 Å². The topological polar surface area (TPSA) is 92.1 Å².